The molecule has 3 aromatic rings. The average molecular weight is 527 g/mol. The summed E-state index contributed by atoms with van der Waals surface area (Å²) < 4.78 is 23.0. The second kappa shape index (κ2) is 12.2. The van der Waals surface area contributed by atoms with Crippen LogP contribution in [0, 0.1) is 10.1 Å². The van der Waals surface area contributed by atoms with Crippen LogP contribution in [-0.4, -0.2) is 57.6 Å². The molecule has 0 atom stereocenters. The highest BCUT2D eigenvalue weighted by atomic mass is 16.6. The van der Waals surface area contributed by atoms with Gasteiger partial charge in [0.15, 0.2) is 22.9 Å². The first kappa shape index (κ1) is 28.1. The first-order valence-corrected chi connectivity index (χ1v) is 12.0. The number of hydrogen-bond acceptors (Lipinski definition) is 10. The van der Waals surface area contributed by atoms with Crippen molar-refractivity contribution in [1.29, 1.82) is 0 Å². The van der Waals surface area contributed by atoms with E-state index < -0.39 is 22.4 Å². The minimum Gasteiger partial charge on any atom is -0.497 e. The fraction of sp³-hybridized carbons (Fsp3) is 0.385. The number of hydrogen-bond donors (Lipinski definition) is 0. The van der Waals surface area contributed by atoms with Gasteiger partial charge >= 0.3 is 5.97 Å². The van der Waals surface area contributed by atoms with Crippen LogP contribution in [0.3, 0.4) is 0 Å². The molecule has 202 valence electrons. The molecule has 1 aromatic heterocycles. The van der Waals surface area contributed by atoms with E-state index in [0.29, 0.717) is 5.75 Å². The predicted octanol–water partition coefficient (Wildman–Crippen LogP) is 4.23. The zero-order valence-corrected chi connectivity index (χ0v) is 22.1. The molecule has 2 aromatic carbocycles. The third-order valence-corrected chi connectivity index (χ3v) is 5.14. The summed E-state index contributed by atoms with van der Waals surface area (Å²) in [5.41, 5.74) is -0.719. The number of esters is 1. The third-order valence-electron chi connectivity index (χ3n) is 5.14. The van der Waals surface area contributed by atoms with Crippen LogP contribution in [0.25, 0.3) is 0 Å². The molecule has 12 heteroatoms. The number of carbonyl (C=O) groups excluding carboxylic acids is 2. The fourth-order valence-electron chi connectivity index (χ4n) is 3.58. The number of carbonyl (C=O) groups is 2. The van der Waals surface area contributed by atoms with E-state index in [1.807, 2.05) is 0 Å². The maximum absolute atomic E-state index is 13.7. The van der Waals surface area contributed by atoms with Crippen molar-refractivity contribution < 1.29 is 33.5 Å². The molecule has 0 N–H and O–H groups in total. The molecule has 12 nitrogen and oxygen atoms in total. The van der Waals surface area contributed by atoms with E-state index in [4.69, 9.17) is 18.9 Å². The van der Waals surface area contributed by atoms with Crippen LogP contribution in [0.1, 0.15) is 66.7 Å². The van der Waals surface area contributed by atoms with E-state index in [-0.39, 0.29) is 53.8 Å². The quantitative estimate of drug-likeness (QED) is 0.145. The topological polar surface area (TPSA) is 145 Å². The van der Waals surface area contributed by atoms with E-state index in [1.54, 1.807) is 66.0 Å². The lowest BCUT2D eigenvalue weighted by Gasteiger charge is -2.18. The van der Waals surface area contributed by atoms with Gasteiger partial charge in [-0.05, 0) is 52.3 Å². The van der Waals surface area contributed by atoms with Crippen LogP contribution in [0.2, 0.25) is 0 Å². The van der Waals surface area contributed by atoms with Crippen molar-refractivity contribution in [1.82, 2.24) is 15.0 Å². The molecule has 1 heterocycles. The Hall–Kier alpha value is -4.48. The van der Waals surface area contributed by atoms with Crippen LogP contribution in [-0.2, 0) is 11.3 Å². The smallest absolute Gasteiger partial charge is 0.359 e. The van der Waals surface area contributed by atoms with Gasteiger partial charge in [-0.15, -0.1) is 5.10 Å². The fourth-order valence-corrected chi connectivity index (χ4v) is 3.58. The standard InChI is InChI=1S/C26H30N4O8/c1-7-36-26(32)24-23(27-28-29(24)14-17-8-10-18(35-6)11-9-17)25(31)19-12-21(37-15(2)3)22(38-16(4)5)13-20(19)30(33)34/h8-13,15-16H,7,14H2,1-6H3. The number of nitrogens with zero attached hydrogens (tertiary/aromatic N) is 4. The Bertz CT molecular complexity index is 1320. The van der Waals surface area contributed by atoms with Crippen LogP contribution < -0.4 is 14.2 Å². The summed E-state index contributed by atoms with van der Waals surface area (Å²) in [5, 5.41) is 19.9. The number of nitro groups is 1. The average Bonchev–Trinajstić information content (AvgIpc) is 3.27. The summed E-state index contributed by atoms with van der Waals surface area (Å²) in [6.07, 6.45) is -0.617. The maximum Gasteiger partial charge on any atom is 0.359 e. The van der Waals surface area contributed by atoms with Gasteiger partial charge in [0.05, 0.1) is 43.5 Å². The molecular formula is C26H30N4O8. The highest BCUT2D eigenvalue weighted by Gasteiger charge is 2.33. The molecule has 0 fully saturated rings. The summed E-state index contributed by atoms with van der Waals surface area (Å²) in [5.74, 6) is -0.817. The monoisotopic (exact) mass is 526 g/mol. The second-order valence-electron chi connectivity index (χ2n) is 8.75. The van der Waals surface area contributed by atoms with Crippen LogP contribution in [0.4, 0.5) is 5.69 Å². The van der Waals surface area contributed by atoms with Crippen molar-refractivity contribution in [3.63, 3.8) is 0 Å². The first-order chi connectivity index (χ1) is 18.0. The Labute approximate surface area is 219 Å². The number of ketones is 1. The molecule has 0 saturated heterocycles. The molecule has 0 spiro atoms. The zero-order valence-electron chi connectivity index (χ0n) is 22.1. The van der Waals surface area contributed by atoms with Crippen molar-refractivity contribution in [2.24, 2.45) is 0 Å². The number of aromatic nitrogens is 3. The van der Waals surface area contributed by atoms with Crippen LogP contribution >= 0.6 is 0 Å². The molecule has 3 rings (SSSR count). The van der Waals surface area contributed by atoms with Gasteiger partial charge in [-0.2, -0.15) is 0 Å². The molecule has 0 aliphatic carbocycles. The highest BCUT2D eigenvalue weighted by molar-refractivity contribution is 6.14. The van der Waals surface area contributed by atoms with Crippen LogP contribution in [0.15, 0.2) is 36.4 Å². The molecular weight excluding hydrogens is 496 g/mol. The van der Waals surface area contributed by atoms with Crippen molar-refractivity contribution in [2.45, 2.75) is 53.4 Å². The normalized spacial score (nSPS) is 10.9. The lowest BCUT2D eigenvalue weighted by Crippen LogP contribution is -2.19. The Morgan fingerprint density at radius 2 is 1.63 bits per heavy atom. The largest absolute Gasteiger partial charge is 0.497 e. The Morgan fingerprint density at radius 1 is 1.03 bits per heavy atom. The van der Waals surface area contributed by atoms with E-state index in [2.05, 4.69) is 10.3 Å². The SMILES string of the molecule is CCOC(=O)c1c(C(=O)c2cc(OC(C)C)c(OC(C)C)cc2[N+](=O)[O-])nnn1Cc1ccc(OC)cc1. The molecule has 0 amide bonds. The predicted molar refractivity (Wildman–Crippen MR) is 136 cm³/mol. The van der Waals surface area contributed by atoms with Crippen molar-refractivity contribution in [2.75, 3.05) is 13.7 Å². The number of benzene rings is 2. The number of rotatable bonds is 12. The minimum absolute atomic E-state index is 0.0357. The summed E-state index contributed by atoms with van der Waals surface area (Å²) in [6.45, 7) is 8.80. The van der Waals surface area contributed by atoms with Gasteiger partial charge in [0.25, 0.3) is 5.69 Å². The number of ether oxygens (including phenoxy) is 4. The molecule has 0 unspecified atom stereocenters. The summed E-state index contributed by atoms with van der Waals surface area (Å²) >= 11 is 0. The van der Waals surface area contributed by atoms with Gasteiger partial charge in [0, 0.05) is 6.07 Å². The lowest BCUT2D eigenvalue weighted by molar-refractivity contribution is -0.385. The Morgan fingerprint density at radius 3 is 2.16 bits per heavy atom. The van der Waals surface area contributed by atoms with Gasteiger partial charge in [-0.25, -0.2) is 9.48 Å². The van der Waals surface area contributed by atoms with Gasteiger partial charge in [0.1, 0.15) is 11.3 Å². The van der Waals surface area contributed by atoms with E-state index in [9.17, 15) is 19.7 Å². The molecule has 38 heavy (non-hydrogen) atoms. The van der Waals surface area contributed by atoms with Gasteiger partial charge in [-0.1, -0.05) is 17.3 Å². The van der Waals surface area contributed by atoms with Crippen molar-refractivity contribution in [3.05, 3.63) is 69.0 Å². The summed E-state index contributed by atoms with van der Waals surface area (Å²) in [6, 6.07) is 9.38. The number of methoxy groups -OCH3 is 1. The molecule has 0 aliphatic rings. The van der Waals surface area contributed by atoms with Gasteiger partial charge in [-0.3, -0.25) is 14.9 Å². The second-order valence-corrected chi connectivity index (χ2v) is 8.75. The number of nitro benzene ring substituents is 1. The van der Waals surface area contributed by atoms with Crippen LogP contribution in [0.5, 0.6) is 17.2 Å². The zero-order chi connectivity index (χ0) is 28.0. The van der Waals surface area contributed by atoms with Gasteiger partial charge < -0.3 is 18.9 Å². The third kappa shape index (κ3) is 6.44. The summed E-state index contributed by atoms with van der Waals surface area (Å²) in [7, 11) is 1.54. The van der Waals surface area contributed by atoms with Crippen molar-refractivity contribution in [3.8, 4) is 17.2 Å². The van der Waals surface area contributed by atoms with Gasteiger partial charge in [0.2, 0.25) is 5.78 Å². The molecule has 0 saturated carbocycles. The van der Waals surface area contributed by atoms with Crippen molar-refractivity contribution >= 4 is 17.4 Å². The molecule has 0 aliphatic heterocycles. The molecule has 0 bridgehead atoms. The first-order valence-electron chi connectivity index (χ1n) is 12.0. The maximum atomic E-state index is 13.7. The Balaban J connectivity index is 2.13. The summed E-state index contributed by atoms with van der Waals surface area (Å²) in [4.78, 5) is 37.8. The van der Waals surface area contributed by atoms with E-state index >= 15 is 0 Å². The Kier molecular flexibility index (Phi) is 9.00. The highest BCUT2D eigenvalue weighted by Crippen LogP contribution is 2.37. The molecule has 0 radical (unpaired) electrons. The lowest BCUT2D eigenvalue weighted by atomic mass is 10.0. The minimum atomic E-state index is -0.884. The van der Waals surface area contributed by atoms with E-state index in [0.717, 1.165) is 11.6 Å². The van der Waals surface area contributed by atoms with E-state index in [1.165, 1.54) is 10.7 Å².